The third-order valence-electron chi connectivity index (χ3n) is 4.31. The van der Waals surface area contributed by atoms with Crippen LogP contribution in [0.2, 0.25) is 0 Å². The van der Waals surface area contributed by atoms with Gasteiger partial charge in [-0.3, -0.25) is 4.90 Å². The van der Waals surface area contributed by atoms with Crippen LogP contribution >= 0.6 is 0 Å². The minimum absolute atomic E-state index is 1.07. The van der Waals surface area contributed by atoms with Crippen molar-refractivity contribution in [2.45, 2.75) is 13.5 Å². The molecule has 0 bridgehead atoms. The van der Waals surface area contributed by atoms with Crippen molar-refractivity contribution in [3.05, 3.63) is 59.7 Å². The smallest absolute Gasteiger partial charge is 0.0234 e. The van der Waals surface area contributed by atoms with Gasteiger partial charge in [0, 0.05) is 32.7 Å². The van der Waals surface area contributed by atoms with Crippen molar-refractivity contribution in [2.24, 2.45) is 0 Å². The van der Waals surface area contributed by atoms with Crippen LogP contribution in [0.1, 0.15) is 11.1 Å². The molecule has 0 aliphatic carbocycles. The minimum atomic E-state index is 1.07. The van der Waals surface area contributed by atoms with E-state index < -0.39 is 0 Å². The number of nitrogens with zero attached hydrogens (tertiary/aromatic N) is 2. The average Bonchev–Trinajstić information content (AvgIpc) is 2.50. The van der Waals surface area contributed by atoms with Gasteiger partial charge < -0.3 is 4.90 Å². The normalized spacial score (nSPS) is 17.0. The van der Waals surface area contributed by atoms with Crippen LogP contribution in [0.15, 0.2) is 48.5 Å². The van der Waals surface area contributed by atoms with Gasteiger partial charge in [-0.05, 0) is 30.7 Å². The maximum Gasteiger partial charge on any atom is 0.0234 e. The van der Waals surface area contributed by atoms with Gasteiger partial charge in [-0.2, -0.15) is 0 Å². The molecule has 2 heteroatoms. The predicted molar refractivity (Wildman–Crippen MR) is 89.4 cm³/mol. The Bertz CT molecular complexity index is 581. The van der Waals surface area contributed by atoms with Crippen molar-refractivity contribution in [1.82, 2.24) is 9.80 Å². The zero-order chi connectivity index (χ0) is 14.7. The maximum absolute atomic E-state index is 2.54. The third-order valence-corrected chi connectivity index (χ3v) is 4.31. The zero-order valence-electron chi connectivity index (χ0n) is 13.0. The maximum atomic E-state index is 2.54. The van der Waals surface area contributed by atoms with Crippen molar-refractivity contribution in [2.75, 3.05) is 33.2 Å². The summed E-state index contributed by atoms with van der Waals surface area (Å²) in [7, 11) is 2.20. The molecule has 0 radical (unpaired) electrons. The molecule has 1 aliphatic rings. The second kappa shape index (κ2) is 6.42. The summed E-state index contributed by atoms with van der Waals surface area (Å²) in [5, 5.41) is 0. The monoisotopic (exact) mass is 280 g/mol. The van der Waals surface area contributed by atoms with Gasteiger partial charge in [-0.15, -0.1) is 0 Å². The van der Waals surface area contributed by atoms with Gasteiger partial charge in [0.05, 0.1) is 0 Å². The van der Waals surface area contributed by atoms with Crippen molar-refractivity contribution in [3.8, 4) is 11.1 Å². The molecule has 0 aromatic heterocycles. The summed E-state index contributed by atoms with van der Waals surface area (Å²) < 4.78 is 0. The van der Waals surface area contributed by atoms with E-state index in [2.05, 4.69) is 72.3 Å². The second-order valence-electron chi connectivity index (χ2n) is 6.15. The molecule has 0 N–H and O–H groups in total. The summed E-state index contributed by atoms with van der Waals surface area (Å²) in [6.45, 7) is 7.93. The average molecular weight is 280 g/mol. The number of hydrogen-bond acceptors (Lipinski definition) is 2. The van der Waals surface area contributed by atoms with Crippen LogP contribution in [0.5, 0.6) is 0 Å². The molecule has 110 valence electrons. The molecular formula is C19H24N2. The third kappa shape index (κ3) is 3.72. The summed E-state index contributed by atoms with van der Waals surface area (Å²) in [6.07, 6.45) is 0. The van der Waals surface area contributed by atoms with Crippen LogP contribution in [-0.4, -0.2) is 43.0 Å². The number of hydrogen-bond donors (Lipinski definition) is 0. The number of benzene rings is 2. The quantitative estimate of drug-likeness (QED) is 0.850. The Labute approximate surface area is 128 Å². The first-order valence-corrected chi connectivity index (χ1v) is 7.77. The molecule has 1 saturated heterocycles. The summed E-state index contributed by atoms with van der Waals surface area (Å²) in [6, 6.07) is 17.7. The SMILES string of the molecule is Cc1cccc(-c2ccc(CN3CCN(C)CC3)cc2)c1. The lowest BCUT2D eigenvalue weighted by Crippen LogP contribution is -2.43. The summed E-state index contributed by atoms with van der Waals surface area (Å²) in [5.41, 5.74) is 5.34. The van der Waals surface area contributed by atoms with Gasteiger partial charge in [0.25, 0.3) is 0 Å². The fourth-order valence-corrected chi connectivity index (χ4v) is 2.89. The highest BCUT2D eigenvalue weighted by molar-refractivity contribution is 5.64. The summed E-state index contributed by atoms with van der Waals surface area (Å²) in [5.74, 6) is 0. The second-order valence-corrected chi connectivity index (χ2v) is 6.15. The molecule has 2 aromatic rings. The van der Waals surface area contributed by atoms with Crippen molar-refractivity contribution in [3.63, 3.8) is 0 Å². The van der Waals surface area contributed by atoms with Gasteiger partial charge in [0.15, 0.2) is 0 Å². The van der Waals surface area contributed by atoms with Gasteiger partial charge in [-0.1, -0.05) is 54.1 Å². The molecule has 1 aliphatic heterocycles. The Morgan fingerprint density at radius 3 is 2.24 bits per heavy atom. The standard InChI is InChI=1S/C19H24N2/c1-16-4-3-5-19(14-16)18-8-6-17(7-9-18)15-21-12-10-20(2)11-13-21/h3-9,14H,10-13,15H2,1-2H3. The van der Waals surface area contributed by atoms with E-state index in [0.29, 0.717) is 0 Å². The van der Waals surface area contributed by atoms with E-state index in [1.165, 1.54) is 48.4 Å². The minimum Gasteiger partial charge on any atom is -0.304 e. The Kier molecular flexibility index (Phi) is 4.37. The van der Waals surface area contributed by atoms with Crippen LogP contribution in [0.3, 0.4) is 0 Å². The Morgan fingerprint density at radius 1 is 0.857 bits per heavy atom. The Balaban J connectivity index is 1.67. The van der Waals surface area contributed by atoms with E-state index in [4.69, 9.17) is 0 Å². The van der Waals surface area contributed by atoms with E-state index in [1.54, 1.807) is 0 Å². The first-order valence-electron chi connectivity index (χ1n) is 7.77. The summed E-state index contributed by atoms with van der Waals surface area (Å²) in [4.78, 5) is 4.94. The van der Waals surface area contributed by atoms with E-state index >= 15 is 0 Å². The fourth-order valence-electron chi connectivity index (χ4n) is 2.89. The van der Waals surface area contributed by atoms with Crippen molar-refractivity contribution < 1.29 is 0 Å². The molecule has 0 atom stereocenters. The van der Waals surface area contributed by atoms with Crippen LogP contribution < -0.4 is 0 Å². The van der Waals surface area contributed by atoms with E-state index in [0.717, 1.165) is 6.54 Å². The lowest BCUT2D eigenvalue weighted by Gasteiger charge is -2.32. The van der Waals surface area contributed by atoms with Crippen LogP contribution in [0.4, 0.5) is 0 Å². The van der Waals surface area contributed by atoms with Gasteiger partial charge in [0.1, 0.15) is 0 Å². The molecule has 0 saturated carbocycles. The molecule has 2 nitrogen and oxygen atoms in total. The van der Waals surface area contributed by atoms with Crippen molar-refractivity contribution >= 4 is 0 Å². The van der Waals surface area contributed by atoms with Crippen molar-refractivity contribution in [1.29, 1.82) is 0 Å². The first-order chi connectivity index (χ1) is 10.2. The largest absolute Gasteiger partial charge is 0.304 e. The van der Waals surface area contributed by atoms with Gasteiger partial charge in [-0.25, -0.2) is 0 Å². The van der Waals surface area contributed by atoms with Crippen LogP contribution in [0, 0.1) is 6.92 Å². The van der Waals surface area contributed by atoms with Gasteiger partial charge >= 0.3 is 0 Å². The summed E-state index contributed by atoms with van der Waals surface area (Å²) >= 11 is 0. The molecule has 0 amide bonds. The lowest BCUT2D eigenvalue weighted by atomic mass is 10.0. The first kappa shape index (κ1) is 14.3. The molecule has 0 unspecified atom stereocenters. The van der Waals surface area contributed by atoms with E-state index in [1.807, 2.05) is 0 Å². The Hall–Kier alpha value is -1.64. The molecule has 0 spiro atoms. The number of piperazine rings is 1. The molecule has 3 rings (SSSR count). The number of likely N-dealkylation sites (N-methyl/N-ethyl adjacent to an activating group) is 1. The number of aryl methyl sites for hydroxylation is 1. The van der Waals surface area contributed by atoms with Crippen LogP contribution in [0.25, 0.3) is 11.1 Å². The number of rotatable bonds is 3. The fraction of sp³-hybridized carbons (Fsp3) is 0.368. The molecule has 1 heterocycles. The van der Waals surface area contributed by atoms with Crippen LogP contribution in [-0.2, 0) is 6.54 Å². The molecule has 21 heavy (non-hydrogen) atoms. The van der Waals surface area contributed by atoms with Gasteiger partial charge in [0.2, 0.25) is 0 Å². The molecule has 2 aromatic carbocycles. The van der Waals surface area contributed by atoms with E-state index in [9.17, 15) is 0 Å². The molecule has 1 fully saturated rings. The topological polar surface area (TPSA) is 6.48 Å². The Morgan fingerprint density at radius 2 is 1.57 bits per heavy atom. The lowest BCUT2D eigenvalue weighted by molar-refractivity contribution is 0.148. The highest BCUT2D eigenvalue weighted by atomic mass is 15.2. The highest BCUT2D eigenvalue weighted by Crippen LogP contribution is 2.21. The zero-order valence-corrected chi connectivity index (χ0v) is 13.0. The predicted octanol–water partition coefficient (Wildman–Crippen LogP) is 3.41. The highest BCUT2D eigenvalue weighted by Gasteiger charge is 2.13. The molecular weight excluding hydrogens is 256 g/mol. The van der Waals surface area contributed by atoms with E-state index in [-0.39, 0.29) is 0 Å².